The Morgan fingerprint density at radius 1 is 1.58 bits per heavy atom. The zero-order valence-electron chi connectivity index (χ0n) is 6.83. The normalized spacial score (nSPS) is 22.8. The van der Waals surface area contributed by atoms with E-state index in [1.807, 2.05) is 24.3 Å². The number of amidine groups is 1. The second-order valence-electron chi connectivity index (χ2n) is 2.38. The van der Waals surface area contributed by atoms with Gasteiger partial charge in [0, 0.05) is 11.4 Å². The summed E-state index contributed by atoms with van der Waals surface area (Å²) < 4.78 is 0. The molecular formula is C9H12N2S. The van der Waals surface area contributed by atoms with Crippen molar-refractivity contribution in [2.45, 2.75) is 0 Å². The van der Waals surface area contributed by atoms with Crippen molar-refractivity contribution in [2.24, 2.45) is 4.99 Å². The standard InChI is InChI=1S/C9H12N2S/c1-8-5-3-2-4-6-10-9(7-12)11-8/h2-5,12H,1,6-7H2,(H,10,11)/b4-2-,5-3-. The molecule has 3 heteroatoms. The third-order valence-electron chi connectivity index (χ3n) is 1.39. The van der Waals surface area contributed by atoms with Crippen molar-refractivity contribution in [1.29, 1.82) is 0 Å². The molecule has 0 unspecified atom stereocenters. The highest BCUT2D eigenvalue weighted by molar-refractivity contribution is 7.81. The number of aliphatic imine (C=N–C) groups is 1. The van der Waals surface area contributed by atoms with Crippen molar-refractivity contribution in [2.75, 3.05) is 12.3 Å². The van der Waals surface area contributed by atoms with Gasteiger partial charge in [-0.1, -0.05) is 24.8 Å². The lowest BCUT2D eigenvalue weighted by atomic mass is 10.4. The summed E-state index contributed by atoms with van der Waals surface area (Å²) in [4.78, 5) is 4.25. The van der Waals surface area contributed by atoms with Gasteiger partial charge in [0.25, 0.3) is 0 Å². The van der Waals surface area contributed by atoms with Crippen LogP contribution in [-0.4, -0.2) is 18.1 Å². The van der Waals surface area contributed by atoms with Crippen LogP contribution in [0, 0.1) is 0 Å². The van der Waals surface area contributed by atoms with Crippen LogP contribution in [0.2, 0.25) is 0 Å². The molecular weight excluding hydrogens is 168 g/mol. The van der Waals surface area contributed by atoms with Crippen LogP contribution in [0.3, 0.4) is 0 Å². The molecule has 1 aliphatic heterocycles. The van der Waals surface area contributed by atoms with E-state index < -0.39 is 0 Å². The Balaban J connectivity index is 2.73. The topological polar surface area (TPSA) is 24.4 Å². The van der Waals surface area contributed by atoms with E-state index in [2.05, 4.69) is 29.5 Å². The summed E-state index contributed by atoms with van der Waals surface area (Å²) in [6, 6.07) is 0. The first kappa shape index (κ1) is 9.13. The van der Waals surface area contributed by atoms with Crippen LogP contribution in [0.4, 0.5) is 0 Å². The zero-order valence-corrected chi connectivity index (χ0v) is 7.72. The molecule has 2 nitrogen and oxygen atoms in total. The van der Waals surface area contributed by atoms with Crippen LogP contribution < -0.4 is 5.32 Å². The molecule has 0 spiro atoms. The zero-order chi connectivity index (χ0) is 8.81. The number of nitrogens with one attached hydrogen (secondary N) is 1. The average Bonchev–Trinajstić information content (AvgIpc) is 2.16. The Kier molecular flexibility index (Phi) is 3.67. The third kappa shape index (κ3) is 2.96. The Morgan fingerprint density at radius 3 is 3.17 bits per heavy atom. The molecule has 0 atom stereocenters. The lowest BCUT2D eigenvalue weighted by molar-refractivity contribution is 1.12. The molecule has 0 saturated heterocycles. The second-order valence-corrected chi connectivity index (χ2v) is 2.70. The van der Waals surface area contributed by atoms with Gasteiger partial charge in [-0.3, -0.25) is 4.99 Å². The summed E-state index contributed by atoms with van der Waals surface area (Å²) in [5, 5.41) is 3.06. The van der Waals surface area contributed by atoms with Gasteiger partial charge in [-0.15, -0.1) is 0 Å². The maximum absolute atomic E-state index is 4.25. The molecule has 0 aromatic rings. The van der Waals surface area contributed by atoms with Crippen molar-refractivity contribution in [3.05, 3.63) is 36.6 Å². The van der Waals surface area contributed by atoms with Crippen molar-refractivity contribution < 1.29 is 0 Å². The molecule has 1 rings (SSSR count). The maximum atomic E-state index is 4.25. The monoisotopic (exact) mass is 180 g/mol. The number of thiol groups is 1. The summed E-state index contributed by atoms with van der Waals surface area (Å²) in [5.41, 5.74) is 0.842. The van der Waals surface area contributed by atoms with Crippen molar-refractivity contribution in [3.63, 3.8) is 0 Å². The largest absolute Gasteiger partial charge is 0.344 e. The van der Waals surface area contributed by atoms with Gasteiger partial charge in [0.2, 0.25) is 0 Å². The maximum Gasteiger partial charge on any atom is 0.111 e. The van der Waals surface area contributed by atoms with Crippen molar-refractivity contribution >= 4 is 18.5 Å². The molecule has 0 aromatic carbocycles. The Hall–Kier alpha value is -0.960. The van der Waals surface area contributed by atoms with E-state index in [9.17, 15) is 0 Å². The lowest BCUT2D eigenvalue weighted by Gasteiger charge is -2.05. The molecule has 0 bridgehead atoms. The fourth-order valence-electron chi connectivity index (χ4n) is 0.830. The quantitative estimate of drug-likeness (QED) is 0.588. The molecule has 0 amide bonds. The third-order valence-corrected chi connectivity index (χ3v) is 1.69. The summed E-state index contributed by atoms with van der Waals surface area (Å²) in [5.74, 6) is 1.47. The van der Waals surface area contributed by atoms with Crippen molar-refractivity contribution in [3.8, 4) is 0 Å². The summed E-state index contributed by atoms with van der Waals surface area (Å²) >= 11 is 4.14. The molecule has 12 heavy (non-hydrogen) atoms. The van der Waals surface area contributed by atoms with E-state index in [0.29, 0.717) is 12.3 Å². The van der Waals surface area contributed by atoms with Gasteiger partial charge < -0.3 is 5.32 Å². The average molecular weight is 180 g/mol. The number of hydrogen-bond donors (Lipinski definition) is 2. The SMILES string of the molecule is C=C1/C=C\C=C/CN=C(CS)N1. The fraction of sp³-hybridized carbons (Fsp3) is 0.222. The number of hydrogen-bond acceptors (Lipinski definition) is 3. The first-order chi connectivity index (χ1) is 5.83. The smallest absolute Gasteiger partial charge is 0.111 e. The lowest BCUT2D eigenvalue weighted by Crippen LogP contribution is -2.23. The van der Waals surface area contributed by atoms with Gasteiger partial charge in [-0.25, -0.2) is 0 Å². The van der Waals surface area contributed by atoms with Crippen LogP contribution in [0.15, 0.2) is 41.6 Å². The number of nitrogens with zero attached hydrogens (tertiary/aromatic N) is 1. The molecule has 0 aliphatic carbocycles. The second kappa shape index (κ2) is 4.83. The molecule has 1 aliphatic rings. The highest BCUT2D eigenvalue weighted by atomic mass is 32.1. The van der Waals surface area contributed by atoms with Crippen LogP contribution >= 0.6 is 12.6 Å². The minimum Gasteiger partial charge on any atom is -0.344 e. The predicted octanol–water partition coefficient (Wildman–Crippen LogP) is 1.54. The van der Waals surface area contributed by atoms with Crippen LogP contribution in [-0.2, 0) is 0 Å². The summed E-state index contributed by atoms with van der Waals surface area (Å²) in [6.45, 7) is 4.50. The summed E-state index contributed by atoms with van der Waals surface area (Å²) in [7, 11) is 0. The predicted molar refractivity (Wildman–Crippen MR) is 56.7 cm³/mol. The van der Waals surface area contributed by atoms with E-state index in [4.69, 9.17) is 0 Å². The first-order valence-electron chi connectivity index (χ1n) is 3.76. The van der Waals surface area contributed by atoms with Gasteiger partial charge in [0.15, 0.2) is 0 Å². The van der Waals surface area contributed by atoms with Crippen LogP contribution in [0.5, 0.6) is 0 Å². The molecule has 0 fully saturated rings. The minimum atomic E-state index is 0.612. The first-order valence-corrected chi connectivity index (χ1v) is 4.39. The van der Waals surface area contributed by atoms with Crippen LogP contribution in [0.1, 0.15) is 0 Å². The van der Waals surface area contributed by atoms with Gasteiger partial charge >= 0.3 is 0 Å². The highest BCUT2D eigenvalue weighted by Crippen LogP contribution is 1.94. The van der Waals surface area contributed by atoms with Gasteiger partial charge in [0.1, 0.15) is 5.84 Å². The summed E-state index contributed by atoms with van der Waals surface area (Å²) in [6.07, 6.45) is 7.78. The molecule has 1 heterocycles. The van der Waals surface area contributed by atoms with E-state index in [1.165, 1.54) is 0 Å². The number of allylic oxidation sites excluding steroid dienone is 3. The number of rotatable bonds is 1. The Labute approximate surface area is 78.2 Å². The van der Waals surface area contributed by atoms with Gasteiger partial charge in [-0.2, -0.15) is 12.6 Å². The molecule has 1 N–H and O–H groups in total. The minimum absolute atomic E-state index is 0.612. The van der Waals surface area contributed by atoms with Crippen LogP contribution in [0.25, 0.3) is 0 Å². The van der Waals surface area contributed by atoms with Crippen molar-refractivity contribution in [1.82, 2.24) is 5.32 Å². The molecule has 0 saturated carbocycles. The molecule has 0 aromatic heterocycles. The Morgan fingerprint density at radius 2 is 2.42 bits per heavy atom. The highest BCUT2D eigenvalue weighted by Gasteiger charge is 1.95. The molecule has 64 valence electrons. The van der Waals surface area contributed by atoms with Gasteiger partial charge in [0.05, 0.1) is 6.54 Å². The van der Waals surface area contributed by atoms with E-state index in [1.54, 1.807) is 0 Å². The Bertz CT molecular complexity index is 251. The van der Waals surface area contributed by atoms with Gasteiger partial charge in [-0.05, 0) is 6.08 Å². The van der Waals surface area contributed by atoms with E-state index >= 15 is 0 Å². The van der Waals surface area contributed by atoms with E-state index in [0.717, 1.165) is 11.5 Å². The fourth-order valence-corrected chi connectivity index (χ4v) is 1.01. The van der Waals surface area contributed by atoms with E-state index in [-0.39, 0.29) is 0 Å². The molecule has 0 radical (unpaired) electrons.